The zero-order chi connectivity index (χ0) is 23.1. The summed E-state index contributed by atoms with van der Waals surface area (Å²) in [6.45, 7) is 7.13. The summed E-state index contributed by atoms with van der Waals surface area (Å²) in [6.07, 6.45) is 9.21. The molecule has 2 aromatic rings. The van der Waals surface area contributed by atoms with Gasteiger partial charge in [-0.1, -0.05) is 75.1 Å². The largest absolute Gasteiger partial charge is 0.460 e. The highest BCUT2D eigenvalue weighted by atomic mass is 16.5. The Balaban J connectivity index is 1.58. The summed E-state index contributed by atoms with van der Waals surface area (Å²) in [6, 6.07) is 15.4. The molecule has 0 saturated carbocycles. The lowest BCUT2D eigenvalue weighted by Gasteiger charge is -2.26. The number of ether oxygens (including phenoxy) is 1. The van der Waals surface area contributed by atoms with Crippen LogP contribution in [0.25, 0.3) is 11.1 Å². The van der Waals surface area contributed by atoms with Crippen LogP contribution in [0.5, 0.6) is 0 Å². The molecule has 0 amide bonds. The SMILES string of the molecule is CCCCCC1CCc2cc(-c3ccc(COC(=O)C(C)(C)CN(C)C)cc3)ccc2C1. The Labute approximate surface area is 195 Å². The van der Waals surface area contributed by atoms with Crippen LogP contribution in [0.3, 0.4) is 0 Å². The van der Waals surface area contributed by atoms with Gasteiger partial charge in [0.15, 0.2) is 0 Å². The van der Waals surface area contributed by atoms with Crippen LogP contribution < -0.4 is 0 Å². The first kappa shape index (κ1) is 24.5. The summed E-state index contributed by atoms with van der Waals surface area (Å²) in [5.74, 6) is 0.711. The van der Waals surface area contributed by atoms with Crippen molar-refractivity contribution in [3.8, 4) is 11.1 Å². The van der Waals surface area contributed by atoms with Gasteiger partial charge in [-0.25, -0.2) is 0 Å². The highest BCUT2D eigenvalue weighted by molar-refractivity contribution is 5.76. The van der Waals surface area contributed by atoms with Gasteiger partial charge in [0.25, 0.3) is 0 Å². The molecule has 1 aliphatic rings. The molecule has 3 heteroatoms. The lowest BCUT2D eigenvalue weighted by Crippen LogP contribution is -2.36. The second kappa shape index (κ2) is 11.1. The van der Waals surface area contributed by atoms with E-state index in [-0.39, 0.29) is 5.97 Å². The maximum Gasteiger partial charge on any atom is 0.313 e. The molecule has 3 rings (SSSR count). The van der Waals surface area contributed by atoms with Crippen LogP contribution in [-0.4, -0.2) is 31.5 Å². The van der Waals surface area contributed by atoms with Crippen LogP contribution in [0.15, 0.2) is 42.5 Å². The molecule has 3 nitrogen and oxygen atoms in total. The molecular weight excluding hydrogens is 394 g/mol. The van der Waals surface area contributed by atoms with Gasteiger partial charge in [0.2, 0.25) is 0 Å². The summed E-state index contributed by atoms with van der Waals surface area (Å²) in [7, 11) is 3.95. The third kappa shape index (κ3) is 6.68. The number of esters is 1. The zero-order valence-electron chi connectivity index (χ0n) is 20.7. The first-order valence-electron chi connectivity index (χ1n) is 12.3. The Kier molecular flexibility index (Phi) is 8.53. The van der Waals surface area contributed by atoms with Gasteiger partial charge in [0.1, 0.15) is 6.61 Å². The Bertz CT molecular complexity index is 883. The molecular formula is C29H41NO2. The van der Waals surface area contributed by atoms with E-state index in [2.05, 4.69) is 49.4 Å². The fraction of sp³-hybridized carbons (Fsp3) is 0.552. The maximum absolute atomic E-state index is 12.4. The topological polar surface area (TPSA) is 29.5 Å². The first-order valence-corrected chi connectivity index (χ1v) is 12.3. The molecule has 1 atom stereocenters. The van der Waals surface area contributed by atoms with E-state index in [1.54, 1.807) is 5.56 Å². The maximum atomic E-state index is 12.4. The average molecular weight is 436 g/mol. The third-order valence-corrected chi connectivity index (χ3v) is 6.67. The lowest BCUT2D eigenvalue weighted by atomic mass is 9.80. The van der Waals surface area contributed by atoms with Gasteiger partial charge >= 0.3 is 5.97 Å². The number of hydrogen-bond acceptors (Lipinski definition) is 3. The molecule has 0 radical (unpaired) electrons. The number of rotatable bonds is 10. The van der Waals surface area contributed by atoms with Crippen molar-refractivity contribution in [1.82, 2.24) is 4.90 Å². The minimum absolute atomic E-state index is 0.155. The molecule has 1 aliphatic carbocycles. The van der Waals surface area contributed by atoms with Crippen molar-refractivity contribution >= 4 is 5.97 Å². The summed E-state index contributed by atoms with van der Waals surface area (Å²) in [4.78, 5) is 14.5. The average Bonchev–Trinajstić information content (AvgIpc) is 2.76. The van der Waals surface area contributed by atoms with Crippen LogP contribution in [0.1, 0.15) is 69.6 Å². The molecule has 0 bridgehead atoms. The van der Waals surface area contributed by atoms with E-state index in [1.165, 1.54) is 61.6 Å². The number of nitrogens with zero attached hydrogens (tertiary/aromatic N) is 1. The van der Waals surface area contributed by atoms with Gasteiger partial charge in [-0.2, -0.15) is 0 Å². The molecule has 2 aromatic carbocycles. The molecule has 0 heterocycles. The molecule has 0 spiro atoms. The number of carbonyl (C=O) groups excluding carboxylic acids is 1. The number of hydrogen-bond donors (Lipinski definition) is 0. The minimum atomic E-state index is -0.512. The van der Waals surface area contributed by atoms with E-state index in [0.29, 0.717) is 13.2 Å². The third-order valence-electron chi connectivity index (χ3n) is 6.67. The van der Waals surface area contributed by atoms with Gasteiger partial charge in [0.05, 0.1) is 5.41 Å². The minimum Gasteiger partial charge on any atom is -0.460 e. The van der Waals surface area contributed by atoms with Gasteiger partial charge in [-0.05, 0) is 80.9 Å². The van der Waals surface area contributed by atoms with Crippen LogP contribution in [0.4, 0.5) is 0 Å². The van der Waals surface area contributed by atoms with Gasteiger partial charge in [0, 0.05) is 6.54 Å². The Morgan fingerprint density at radius 2 is 1.75 bits per heavy atom. The van der Waals surface area contributed by atoms with Crippen molar-refractivity contribution in [3.05, 3.63) is 59.2 Å². The summed E-state index contributed by atoms with van der Waals surface area (Å²) in [5, 5.41) is 0. The molecule has 0 N–H and O–H groups in total. The highest BCUT2D eigenvalue weighted by Gasteiger charge is 2.30. The van der Waals surface area contributed by atoms with Crippen molar-refractivity contribution in [1.29, 1.82) is 0 Å². The van der Waals surface area contributed by atoms with E-state index in [0.717, 1.165) is 11.5 Å². The van der Waals surface area contributed by atoms with Gasteiger partial charge in [-0.15, -0.1) is 0 Å². The smallest absolute Gasteiger partial charge is 0.313 e. The monoisotopic (exact) mass is 435 g/mol. The number of aryl methyl sites for hydroxylation is 1. The normalized spacial score (nSPS) is 16.1. The van der Waals surface area contributed by atoms with Crippen molar-refractivity contribution in [2.24, 2.45) is 11.3 Å². The van der Waals surface area contributed by atoms with Crippen molar-refractivity contribution in [2.75, 3.05) is 20.6 Å². The van der Waals surface area contributed by atoms with Crippen LogP contribution >= 0.6 is 0 Å². The predicted octanol–water partition coefficient (Wildman–Crippen LogP) is 6.67. The van der Waals surface area contributed by atoms with Crippen molar-refractivity contribution in [3.63, 3.8) is 0 Å². The summed E-state index contributed by atoms with van der Waals surface area (Å²) in [5.41, 5.74) is 6.09. The molecule has 0 fully saturated rings. The summed E-state index contributed by atoms with van der Waals surface area (Å²) < 4.78 is 5.59. The van der Waals surface area contributed by atoms with Gasteiger partial charge < -0.3 is 9.64 Å². The number of carbonyl (C=O) groups is 1. The summed E-state index contributed by atoms with van der Waals surface area (Å²) >= 11 is 0. The molecule has 32 heavy (non-hydrogen) atoms. The quantitative estimate of drug-likeness (QED) is 0.308. The van der Waals surface area contributed by atoms with Crippen molar-refractivity contribution in [2.45, 2.75) is 72.3 Å². The molecule has 1 unspecified atom stereocenters. The van der Waals surface area contributed by atoms with E-state index >= 15 is 0 Å². The van der Waals surface area contributed by atoms with E-state index in [4.69, 9.17) is 4.74 Å². The number of benzene rings is 2. The second-order valence-electron chi connectivity index (χ2n) is 10.5. The van der Waals surface area contributed by atoms with E-state index in [9.17, 15) is 4.79 Å². The van der Waals surface area contributed by atoms with E-state index < -0.39 is 5.41 Å². The number of unbranched alkanes of at least 4 members (excludes halogenated alkanes) is 2. The molecule has 0 aliphatic heterocycles. The van der Waals surface area contributed by atoms with Crippen LogP contribution in [-0.2, 0) is 29.0 Å². The first-order chi connectivity index (χ1) is 15.3. The highest BCUT2D eigenvalue weighted by Crippen LogP contribution is 2.32. The number of fused-ring (bicyclic) bond motifs is 1. The standard InChI is InChI=1S/C29H41NO2/c1-6-7-8-9-22-10-15-27-19-26(17-16-25(27)18-22)24-13-11-23(12-14-24)20-32-28(31)29(2,3)21-30(4)5/h11-14,16-17,19,22H,6-10,15,18,20-21H2,1-5H3. The molecule has 0 aromatic heterocycles. The van der Waals surface area contributed by atoms with Crippen LogP contribution in [0.2, 0.25) is 0 Å². The Hall–Kier alpha value is -2.13. The Morgan fingerprint density at radius 3 is 2.44 bits per heavy atom. The fourth-order valence-electron chi connectivity index (χ4n) is 4.93. The molecule has 0 saturated heterocycles. The van der Waals surface area contributed by atoms with Gasteiger partial charge in [-0.3, -0.25) is 4.79 Å². The zero-order valence-corrected chi connectivity index (χ0v) is 20.7. The van der Waals surface area contributed by atoms with E-state index in [1.807, 2.05) is 32.8 Å². The Morgan fingerprint density at radius 1 is 1.03 bits per heavy atom. The lowest BCUT2D eigenvalue weighted by molar-refractivity contribution is -0.156. The molecule has 174 valence electrons. The predicted molar refractivity (Wildman–Crippen MR) is 134 cm³/mol. The van der Waals surface area contributed by atoms with Crippen molar-refractivity contribution < 1.29 is 9.53 Å². The van der Waals surface area contributed by atoms with Crippen LogP contribution in [0, 0.1) is 11.3 Å². The second-order valence-corrected chi connectivity index (χ2v) is 10.5. The fourth-order valence-corrected chi connectivity index (χ4v) is 4.93.